The summed E-state index contributed by atoms with van der Waals surface area (Å²) in [6.07, 6.45) is 3.42. The third-order valence-electron chi connectivity index (χ3n) is 3.32. The van der Waals surface area contributed by atoms with Crippen LogP contribution in [0.4, 0.5) is 5.69 Å². The molecule has 1 saturated heterocycles. The zero-order valence-electron chi connectivity index (χ0n) is 10.6. The lowest BCUT2D eigenvalue weighted by Crippen LogP contribution is -2.30. The fraction of sp³-hybridized carbons (Fsp3) is 0.538. The molecule has 0 amide bonds. The highest BCUT2D eigenvalue weighted by Crippen LogP contribution is 2.33. The number of hydrogen-bond acceptors (Lipinski definition) is 4. The van der Waals surface area contributed by atoms with Gasteiger partial charge in [0.15, 0.2) is 0 Å². The maximum atomic E-state index is 10.8. The summed E-state index contributed by atoms with van der Waals surface area (Å²) < 4.78 is 6.07. The van der Waals surface area contributed by atoms with Crippen molar-refractivity contribution in [1.82, 2.24) is 5.32 Å². The molecule has 0 spiro atoms. The molecular weight excluding hydrogens is 312 g/mol. The third-order valence-corrected chi connectivity index (χ3v) is 4.12. The molecule has 1 N–H and O–H groups in total. The van der Waals surface area contributed by atoms with Gasteiger partial charge in [0, 0.05) is 6.07 Å². The molecule has 1 fully saturated rings. The van der Waals surface area contributed by atoms with E-state index in [0.717, 1.165) is 19.5 Å². The smallest absolute Gasteiger partial charge is 0.287 e. The molecule has 0 saturated carbocycles. The van der Waals surface area contributed by atoms with Crippen LogP contribution in [0.2, 0.25) is 0 Å². The highest BCUT2D eigenvalue weighted by Gasteiger charge is 2.17. The monoisotopic (exact) mass is 328 g/mol. The number of nitro benzene ring substituents is 1. The van der Waals surface area contributed by atoms with Gasteiger partial charge in [-0.3, -0.25) is 10.1 Å². The maximum Gasteiger partial charge on any atom is 0.287 e. The molecule has 5 nitrogen and oxygen atoms in total. The van der Waals surface area contributed by atoms with Crippen molar-refractivity contribution in [1.29, 1.82) is 0 Å². The predicted octanol–water partition coefficient (Wildman–Crippen LogP) is 3.13. The topological polar surface area (TPSA) is 64.4 Å². The Morgan fingerprint density at radius 2 is 2.37 bits per heavy atom. The van der Waals surface area contributed by atoms with Crippen LogP contribution < -0.4 is 10.1 Å². The lowest BCUT2D eigenvalue weighted by molar-refractivity contribution is -0.385. The maximum absolute atomic E-state index is 10.8. The fourth-order valence-electron chi connectivity index (χ4n) is 2.26. The zero-order chi connectivity index (χ0) is 13.7. The largest absolute Gasteiger partial charge is 0.492 e. The summed E-state index contributed by atoms with van der Waals surface area (Å²) in [6, 6.07) is 4.85. The predicted molar refractivity (Wildman–Crippen MR) is 76.5 cm³/mol. The minimum Gasteiger partial charge on any atom is -0.492 e. The number of nitrogens with zero attached hydrogens (tertiary/aromatic N) is 1. The van der Waals surface area contributed by atoms with Gasteiger partial charge in [-0.2, -0.15) is 0 Å². The van der Waals surface area contributed by atoms with Gasteiger partial charge >= 0.3 is 0 Å². The summed E-state index contributed by atoms with van der Waals surface area (Å²) in [5.74, 6) is 1.18. The summed E-state index contributed by atoms with van der Waals surface area (Å²) >= 11 is 3.23. The standard InChI is InChI=1S/C13H17BrN2O3/c14-13-11(16(17)18)4-1-5-12(13)19-8-6-10-3-2-7-15-9-10/h1,4-5,10,15H,2-3,6-9H2. The first-order chi connectivity index (χ1) is 9.18. The molecule has 1 aliphatic heterocycles. The molecule has 0 aromatic heterocycles. The van der Waals surface area contributed by atoms with Crippen molar-refractivity contribution in [2.75, 3.05) is 19.7 Å². The number of ether oxygens (including phenoxy) is 1. The molecule has 1 atom stereocenters. The summed E-state index contributed by atoms with van der Waals surface area (Å²) in [4.78, 5) is 10.4. The number of benzene rings is 1. The van der Waals surface area contributed by atoms with Crippen LogP contribution in [0, 0.1) is 16.0 Å². The van der Waals surface area contributed by atoms with E-state index in [4.69, 9.17) is 4.74 Å². The number of nitro groups is 1. The van der Waals surface area contributed by atoms with Crippen molar-refractivity contribution in [2.45, 2.75) is 19.3 Å². The lowest BCUT2D eigenvalue weighted by Gasteiger charge is -2.22. The minimum absolute atomic E-state index is 0.0387. The summed E-state index contributed by atoms with van der Waals surface area (Å²) in [5, 5.41) is 14.2. The Morgan fingerprint density at radius 1 is 1.53 bits per heavy atom. The Balaban J connectivity index is 1.88. The van der Waals surface area contributed by atoms with E-state index in [1.165, 1.54) is 18.9 Å². The van der Waals surface area contributed by atoms with E-state index in [0.29, 0.717) is 22.7 Å². The molecule has 6 heteroatoms. The van der Waals surface area contributed by atoms with E-state index in [1.807, 2.05) is 0 Å². The second-order valence-corrected chi connectivity index (χ2v) is 5.49. The number of hydrogen-bond donors (Lipinski definition) is 1. The Hall–Kier alpha value is -1.14. The van der Waals surface area contributed by atoms with Crippen molar-refractivity contribution < 1.29 is 9.66 Å². The van der Waals surface area contributed by atoms with Gasteiger partial charge in [0.05, 0.1) is 11.5 Å². The molecule has 19 heavy (non-hydrogen) atoms. The third kappa shape index (κ3) is 3.91. The first-order valence-electron chi connectivity index (χ1n) is 6.45. The van der Waals surface area contributed by atoms with Gasteiger partial charge in [-0.05, 0) is 60.3 Å². The van der Waals surface area contributed by atoms with E-state index in [9.17, 15) is 10.1 Å². The SMILES string of the molecule is O=[N+]([O-])c1cccc(OCCC2CCCNC2)c1Br. The van der Waals surface area contributed by atoms with Gasteiger partial charge in [0.2, 0.25) is 0 Å². The van der Waals surface area contributed by atoms with E-state index in [-0.39, 0.29) is 5.69 Å². The fourth-order valence-corrected chi connectivity index (χ4v) is 2.78. The van der Waals surface area contributed by atoms with Gasteiger partial charge < -0.3 is 10.1 Å². The normalized spacial score (nSPS) is 19.1. The van der Waals surface area contributed by atoms with Crippen LogP contribution in [0.5, 0.6) is 5.75 Å². The first-order valence-corrected chi connectivity index (χ1v) is 7.24. The van der Waals surface area contributed by atoms with Crippen LogP contribution in [0.25, 0.3) is 0 Å². The Kier molecular flexibility index (Phi) is 5.15. The van der Waals surface area contributed by atoms with Crippen LogP contribution in [0.15, 0.2) is 22.7 Å². The second kappa shape index (κ2) is 6.86. The number of halogens is 1. The molecule has 0 radical (unpaired) electrons. The van der Waals surface area contributed by atoms with E-state index < -0.39 is 4.92 Å². The quantitative estimate of drug-likeness (QED) is 0.666. The average Bonchev–Trinajstić information content (AvgIpc) is 2.41. The van der Waals surface area contributed by atoms with Gasteiger partial charge in [-0.1, -0.05) is 6.07 Å². The van der Waals surface area contributed by atoms with Gasteiger partial charge in [-0.25, -0.2) is 0 Å². The first kappa shape index (κ1) is 14.3. The van der Waals surface area contributed by atoms with E-state index in [2.05, 4.69) is 21.2 Å². The summed E-state index contributed by atoms with van der Waals surface area (Å²) in [5.41, 5.74) is 0.0387. The van der Waals surface area contributed by atoms with Crippen molar-refractivity contribution in [2.24, 2.45) is 5.92 Å². The van der Waals surface area contributed by atoms with E-state index >= 15 is 0 Å². The molecule has 1 heterocycles. The number of rotatable bonds is 5. The van der Waals surface area contributed by atoms with Crippen LogP contribution >= 0.6 is 15.9 Å². The Morgan fingerprint density at radius 3 is 3.05 bits per heavy atom. The summed E-state index contributed by atoms with van der Waals surface area (Å²) in [7, 11) is 0. The van der Waals surface area contributed by atoms with Crippen molar-refractivity contribution in [3.63, 3.8) is 0 Å². The van der Waals surface area contributed by atoms with Gasteiger partial charge in [-0.15, -0.1) is 0 Å². The molecular formula is C13H17BrN2O3. The molecule has 1 aromatic carbocycles. The number of piperidine rings is 1. The molecule has 2 rings (SSSR count). The van der Waals surface area contributed by atoms with Crippen molar-refractivity contribution >= 4 is 21.6 Å². The number of nitrogens with one attached hydrogen (secondary N) is 1. The average molecular weight is 329 g/mol. The van der Waals surface area contributed by atoms with Crippen molar-refractivity contribution in [3.05, 3.63) is 32.8 Å². The van der Waals surface area contributed by atoms with Crippen LogP contribution in [-0.2, 0) is 0 Å². The summed E-state index contributed by atoms with van der Waals surface area (Å²) in [6.45, 7) is 2.74. The van der Waals surface area contributed by atoms with Crippen LogP contribution in [0.3, 0.4) is 0 Å². The Bertz CT molecular complexity index is 448. The second-order valence-electron chi connectivity index (χ2n) is 4.70. The Labute approximate surface area is 120 Å². The lowest BCUT2D eigenvalue weighted by atomic mass is 9.97. The van der Waals surface area contributed by atoms with Crippen molar-refractivity contribution in [3.8, 4) is 5.75 Å². The highest BCUT2D eigenvalue weighted by molar-refractivity contribution is 9.10. The van der Waals surface area contributed by atoms with Gasteiger partial charge in [0.1, 0.15) is 10.2 Å². The zero-order valence-corrected chi connectivity index (χ0v) is 12.2. The van der Waals surface area contributed by atoms with Crippen LogP contribution in [0.1, 0.15) is 19.3 Å². The molecule has 0 bridgehead atoms. The minimum atomic E-state index is -0.415. The van der Waals surface area contributed by atoms with Crippen LogP contribution in [-0.4, -0.2) is 24.6 Å². The van der Waals surface area contributed by atoms with E-state index in [1.54, 1.807) is 12.1 Å². The molecule has 1 aliphatic rings. The molecule has 0 aliphatic carbocycles. The molecule has 1 unspecified atom stereocenters. The molecule has 104 valence electrons. The van der Waals surface area contributed by atoms with Gasteiger partial charge in [0.25, 0.3) is 5.69 Å². The molecule has 1 aromatic rings. The highest BCUT2D eigenvalue weighted by atomic mass is 79.9.